The second kappa shape index (κ2) is 3.79. The number of hydrogen-bond acceptors (Lipinski definition) is 3. The number of rotatable bonds is 2. The summed E-state index contributed by atoms with van der Waals surface area (Å²) in [6.07, 6.45) is 1.14. The maximum Gasteiger partial charge on any atom is 0.413 e. The van der Waals surface area contributed by atoms with Crippen LogP contribution >= 0.6 is 0 Å². The van der Waals surface area contributed by atoms with Crippen LogP contribution in [0.5, 0.6) is 0 Å². The minimum absolute atomic E-state index is 0.212. The first-order chi connectivity index (χ1) is 4.77. The molecule has 10 heavy (non-hydrogen) atoms. The van der Waals surface area contributed by atoms with Gasteiger partial charge in [0.2, 0.25) is 0 Å². The Morgan fingerprint density at radius 2 is 1.90 bits per heavy atom. The molecule has 1 saturated heterocycles. The van der Waals surface area contributed by atoms with E-state index in [1.54, 1.807) is 0 Å². The zero-order valence-corrected chi connectivity index (χ0v) is 9.14. The van der Waals surface area contributed by atoms with Gasteiger partial charge in [0.1, 0.15) is 0 Å². The van der Waals surface area contributed by atoms with Gasteiger partial charge in [0.05, 0.1) is 0 Å². The molecule has 1 rings (SSSR count). The van der Waals surface area contributed by atoms with Crippen molar-refractivity contribution in [3.63, 3.8) is 0 Å². The highest BCUT2D eigenvalue weighted by Gasteiger charge is 2.34. The summed E-state index contributed by atoms with van der Waals surface area (Å²) in [5.41, 5.74) is 0. The summed E-state index contributed by atoms with van der Waals surface area (Å²) in [5.74, 6) is 0. The Kier molecular flexibility index (Phi) is 3.27. The molecule has 56 valence electrons. The molecular weight excluding hydrogens is 180 g/mol. The largest absolute Gasteiger partial charge is 0.414 e. The van der Waals surface area contributed by atoms with Gasteiger partial charge in [-0.3, -0.25) is 0 Å². The van der Waals surface area contributed by atoms with Gasteiger partial charge in [0.15, 0.2) is 0 Å². The SMILES string of the molecule is CCC[Si]1(C)O[Si]O[Si]O1. The Morgan fingerprint density at radius 1 is 1.30 bits per heavy atom. The Hall–Kier alpha value is 0.531. The van der Waals surface area contributed by atoms with E-state index in [4.69, 9.17) is 12.3 Å². The van der Waals surface area contributed by atoms with Gasteiger partial charge in [0.25, 0.3) is 0 Å². The fourth-order valence-electron chi connectivity index (χ4n) is 0.812. The van der Waals surface area contributed by atoms with Crippen molar-refractivity contribution in [2.45, 2.75) is 25.9 Å². The van der Waals surface area contributed by atoms with Crippen LogP contribution in [0.2, 0.25) is 12.6 Å². The lowest BCUT2D eigenvalue weighted by molar-refractivity contribution is 0.299. The van der Waals surface area contributed by atoms with Crippen LogP contribution in [0.15, 0.2) is 0 Å². The Bertz CT molecular complexity index is 98.4. The molecule has 1 aliphatic heterocycles. The van der Waals surface area contributed by atoms with Crippen molar-refractivity contribution in [1.29, 1.82) is 0 Å². The van der Waals surface area contributed by atoms with Crippen molar-refractivity contribution < 1.29 is 12.3 Å². The zero-order chi connectivity index (χ0) is 7.45. The predicted octanol–water partition coefficient (Wildman–Crippen LogP) is 0.600. The lowest BCUT2D eigenvalue weighted by Gasteiger charge is -2.29. The van der Waals surface area contributed by atoms with Crippen molar-refractivity contribution >= 4 is 28.6 Å². The van der Waals surface area contributed by atoms with Crippen LogP contribution < -0.4 is 0 Å². The van der Waals surface area contributed by atoms with Crippen molar-refractivity contribution in [3.8, 4) is 0 Å². The quantitative estimate of drug-likeness (QED) is 0.597. The third kappa shape index (κ3) is 2.29. The summed E-state index contributed by atoms with van der Waals surface area (Å²) in [6.45, 7) is 4.24. The van der Waals surface area contributed by atoms with Crippen LogP contribution in [-0.4, -0.2) is 28.6 Å². The van der Waals surface area contributed by atoms with Crippen LogP contribution in [0.3, 0.4) is 0 Å². The van der Waals surface area contributed by atoms with Gasteiger partial charge in [-0.15, -0.1) is 0 Å². The van der Waals surface area contributed by atoms with E-state index in [1.165, 1.54) is 0 Å². The van der Waals surface area contributed by atoms with Crippen molar-refractivity contribution in [2.75, 3.05) is 0 Å². The van der Waals surface area contributed by atoms with Gasteiger partial charge in [-0.1, -0.05) is 13.3 Å². The maximum absolute atomic E-state index is 5.44. The fraction of sp³-hybridized carbons (Fsp3) is 1.00. The molecule has 3 nitrogen and oxygen atoms in total. The Morgan fingerprint density at radius 3 is 2.40 bits per heavy atom. The third-order valence-electron chi connectivity index (χ3n) is 1.30. The second-order valence-electron chi connectivity index (χ2n) is 2.36. The molecule has 0 spiro atoms. The third-order valence-corrected chi connectivity index (χ3v) is 7.50. The van der Waals surface area contributed by atoms with Crippen LogP contribution in [0.1, 0.15) is 13.3 Å². The van der Waals surface area contributed by atoms with Crippen LogP contribution in [0, 0.1) is 0 Å². The fourth-order valence-corrected chi connectivity index (χ4v) is 5.71. The van der Waals surface area contributed by atoms with E-state index < -0.39 is 8.56 Å². The topological polar surface area (TPSA) is 27.7 Å². The average molecular weight is 190 g/mol. The van der Waals surface area contributed by atoms with Crippen LogP contribution in [-0.2, 0) is 12.3 Å². The average Bonchev–Trinajstić information content (AvgIpc) is 1.89. The summed E-state index contributed by atoms with van der Waals surface area (Å²) < 4.78 is 15.8. The summed E-state index contributed by atoms with van der Waals surface area (Å²) in [6, 6.07) is 1.08. The first kappa shape index (κ1) is 8.63. The molecule has 0 aliphatic carbocycles. The van der Waals surface area contributed by atoms with E-state index >= 15 is 0 Å². The van der Waals surface area contributed by atoms with Gasteiger partial charge < -0.3 is 12.3 Å². The van der Waals surface area contributed by atoms with Gasteiger partial charge in [-0.05, 0) is 12.6 Å². The predicted molar refractivity (Wildman–Crippen MR) is 41.5 cm³/mol. The summed E-state index contributed by atoms with van der Waals surface area (Å²) in [7, 11) is -1.31. The van der Waals surface area contributed by atoms with Crippen molar-refractivity contribution in [1.82, 2.24) is 0 Å². The minimum atomic E-state index is -1.74. The molecule has 0 amide bonds. The zero-order valence-electron chi connectivity index (χ0n) is 6.14. The molecule has 0 bridgehead atoms. The first-order valence-corrected chi connectivity index (χ1v) is 7.44. The minimum Gasteiger partial charge on any atom is -0.414 e. The van der Waals surface area contributed by atoms with E-state index in [9.17, 15) is 0 Å². The van der Waals surface area contributed by atoms with Crippen molar-refractivity contribution in [2.24, 2.45) is 0 Å². The molecular formula is C4H10O3Si3. The summed E-state index contributed by atoms with van der Waals surface area (Å²) in [4.78, 5) is 0. The lowest BCUT2D eigenvalue weighted by Crippen LogP contribution is -2.46. The van der Waals surface area contributed by atoms with Crippen LogP contribution in [0.25, 0.3) is 0 Å². The van der Waals surface area contributed by atoms with E-state index in [1.807, 2.05) is 0 Å². The Balaban J connectivity index is 2.32. The van der Waals surface area contributed by atoms with E-state index in [0.29, 0.717) is 0 Å². The highest BCUT2D eigenvalue weighted by atomic mass is 28.5. The summed E-state index contributed by atoms with van der Waals surface area (Å²) >= 11 is 0. The molecule has 4 radical (unpaired) electrons. The Labute approximate surface area is 67.4 Å². The van der Waals surface area contributed by atoms with Gasteiger partial charge in [-0.25, -0.2) is 0 Å². The van der Waals surface area contributed by atoms with E-state index in [0.717, 1.165) is 12.5 Å². The molecule has 0 aromatic heterocycles. The molecule has 0 unspecified atom stereocenters. The monoisotopic (exact) mass is 190 g/mol. The molecule has 0 aromatic carbocycles. The molecule has 1 fully saturated rings. The van der Waals surface area contributed by atoms with Gasteiger partial charge >= 0.3 is 28.6 Å². The smallest absolute Gasteiger partial charge is 0.413 e. The lowest BCUT2D eigenvalue weighted by atomic mass is 10.6. The van der Waals surface area contributed by atoms with Crippen LogP contribution in [0.4, 0.5) is 0 Å². The standard InChI is InChI=1S/C4H10O3Si3/c1-3-4-10(2)6-8-5-9-7-10/h3-4H2,1-2H3. The molecule has 0 N–H and O–H groups in total. The normalized spacial score (nSPS) is 24.6. The molecule has 0 saturated carbocycles. The second-order valence-corrected chi connectivity index (χ2v) is 7.91. The van der Waals surface area contributed by atoms with Crippen molar-refractivity contribution in [3.05, 3.63) is 0 Å². The molecule has 1 aliphatic rings. The number of hydrogen-bond donors (Lipinski definition) is 0. The van der Waals surface area contributed by atoms with E-state index in [2.05, 4.69) is 13.5 Å². The molecule has 1 heterocycles. The first-order valence-electron chi connectivity index (χ1n) is 3.29. The highest BCUT2D eigenvalue weighted by molar-refractivity contribution is 6.75. The molecule has 6 heteroatoms. The van der Waals surface area contributed by atoms with Gasteiger partial charge in [-0.2, -0.15) is 0 Å². The maximum atomic E-state index is 5.44. The molecule has 0 aromatic rings. The van der Waals surface area contributed by atoms with E-state index in [-0.39, 0.29) is 20.0 Å². The summed E-state index contributed by atoms with van der Waals surface area (Å²) in [5, 5.41) is 0. The molecule has 0 atom stereocenters. The van der Waals surface area contributed by atoms with Gasteiger partial charge in [0, 0.05) is 0 Å². The highest BCUT2D eigenvalue weighted by Crippen LogP contribution is 2.16.